The molecule has 0 spiro atoms. The Morgan fingerprint density at radius 3 is 2.41 bits per heavy atom. The van der Waals surface area contributed by atoms with Gasteiger partial charge in [-0.05, 0) is 61.5 Å². The van der Waals surface area contributed by atoms with Gasteiger partial charge in [0.2, 0.25) is 0 Å². The molecule has 0 aromatic carbocycles. The predicted octanol–water partition coefficient (Wildman–Crippen LogP) is 4.57. The Bertz CT molecular complexity index is 965. The fourth-order valence-corrected chi connectivity index (χ4v) is 5.16. The SMILES string of the molecule is S=C1N[C@H](c2ccccn2)[C@H](c2cccn2-c2ccccn2)N1C1CCCCC1. The zero-order valence-corrected chi connectivity index (χ0v) is 17.1. The van der Waals surface area contributed by atoms with E-state index in [1.165, 1.54) is 37.8 Å². The summed E-state index contributed by atoms with van der Waals surface area (Å²) in [6.07, 6.45) is 12.0. The summed E-state index contributed by atoms with van der Waals surface area (Å²) in [4.78, 5) is 11.7. The number of nitrogens with zero attached hydrogens (tertiary/aromatic N) is 4. The molecule has 1 N–H and O–H groups in total. The molecule has 6 heteroatoms. The lowest BCUT2D eigenvalue weighted by Gasteiger charge is -2.37. The summed E-state index contributed by atoms with van der Waals surface area (Å²) < 4.78 is 2.19. The molecule has 29 heavy (non-hydrogen) atoms. The number of hydrogen-bond donors (Lipinski definition) is 1. The van der Waals surface area contributed by atoms with Crippen LogP contribution in [0.25, 0.3) is 5.82 Å². The zero-order chi connectivity index (χ0) is 19.6. The minimum Gasteiger partial charge on any atom is -0.352 e. The van der Waals surface area contributed by atoms with Crippen molar-refractivity contribution in [2.45, 2.75) is 50.2 Å². The van der Waals surface area contributed by atoms with E-state index in [2.05, 4.69) is 49.1 Å². The van der Waals surface area contributed by atoms with Crippen molar-refractivity contribution in [2.75, 3.05) is 0 Å². The van der Waals surface area contributed by atoms with E-state index in [0.717, 1.165) is 16.6 Å². The van der Waals surface area contributed by atoms with Crippen LogP contribution in [0.1, 0.15) is 55.6 Å². The van der Waals surface area contributed by atoms with Gasteiger partial charge < -0.3 is 14.8 Å². The smallest absolute Gasteiger partial charge is 0.170 e. The van der Waals surface area contributed by atoms with E-state index >= 15 is 0 Å². The monoisotopic (exact) mass is 403 g/mol. The van der Waals surface area contributed by atoms with E-state index in [-0.39, 0.29) is 12.1 Å². The van der Waals surface area contributed by atoms with Gasteiger partial charge in [0.1, 0.15) is 5.82 Å². The van der Waals surface area contributed by atoms with Crippen molar-refractivity contribution in [3.63, 3.8) is 0 Å². The fourth-order valence-electron chi connectivity index (χ4n) is 4.77. The van der Waals surface area contributed by atoms with Crippen LogP contribution in [0.15, 0.2) is 67.1 Å². The minimum absolute atomic E-state index is 0.0167. The van der Waals surface area contributed by atoms with Crippen LogP contribution in [0.4, 0.5) is 0 Å². The summed E-state index contributed by atoms with van der Waals surface area (Å²) in [6, 6.07) is 17.0. The van der Waals surface area contributed by atoms with Crippen LogP contribution in [-0.2, 0) is 0 Å². The summed E-state index contributed by atoms with van der Waals surface area (Å²) in [7, 11) is 0. The molecule has 4 heterocycles. The van der Waals surface area contributed by atoms with Gasteiger partial charge in [0.05, 0.1) is 17.8 Å². The van der Waals surface area contributed by atoms with E-state index in [4.69, 9.17) is 12.2 Å². The van der Waals surface area contributed by atoms with E-state index in [0.29, 0.717) is 6.04 Å². The topological polar surface area (TPSA) is 46.0 Å². The van der Waals surface area contributed by atoms with Crippen LogP contribution in [0.5, 0.6) is 0 Å². The Kier molecular flexibility index (Phi) is 5.02. The average molecular weight is 404 g/mol. The average Bonchev–Trinajstić information content (AvgIpc) is 3.40. The molecule has 0 unspecified atom stereocenters. The maximum Gasteiger partial charge on any atom is 0.170 e. The molecular weight excluding hydrogens is 378 g/mol. The molecule has 2 atom stereocenters. The number of thiocarbonyl (C=S) groups is 1. The summed E-state index contributed by atoms with van der Waals surface area (Å²) in [6.45, 7) is 0. The standard InChI is InChI=1S/C23H25N5S/c29-23-26-21(18-11-4-6-14-24-18)22(28(23)17-9-2-1-3-10-17)19-12-8-16-27(19)20-13-5-7-15-25-20/h4-8,11-17,21-22H,1-3,9-10H2,(H,26,29)/t21-,22+/m1/s1. The molecule has 2 aliphatic rings. The Hall–Kier alpha value is -2.73. The van der Waals surface area contributed by atoms with Gasteiger partial charge in [0.25, 0.3) is 0 Å². The van der Waals surface area contributed by atoms with Crippen molar-refractivity contribution in [3.8, 4) is 5.82 Å². The molecule has 3 aromatic rings. The third kappa shape index (κ3) is 3.42. The maximum absolute atomic E-state index is 5.87. The first-order chi connectivity index (χ1) is 14.3. The molecule has 5 rings (SSSR count). The molecule has 0 bridgehead atoms. The molecule has 1 aliphatic heterocycles. The van der Waals surface area contributed by atoms with Gasteiger partial charge in [-0.3, -0.25) is 4.98 Å². The summed E-state index contributed by atoms with van der Waals surface area (Å²) in [5.74, 6) is 0.925. The number of rotatable bonds is 4. The van der Waals surface area contributed by atoms with E-state index in [9.17, 15) is 0 Å². The van der Waals surface area contributed by atoms with Crippen LogP contribution in [0.2, 0.25) is 0 Å². The number of hydrogen-bond acceptors (Lipinski definition) is 3. The molecule has 3 aromatic heterocycles. The molecule has 2 fully saturated rings. The number of aromatic nitrogens is 3. The summed E-state index contributed by atoms with van der Waals surface area (Å²) in [5.41, 5.74) is 2.21. The van der Waals surface area contributed by atoms with E-state index in [1.54, 1.807) is 0 Å². The lowest BCUT2D eigenvalue weighted by molar-refractivity contribution is 0.193. The van der Waals surface area contributed by atoms with Crippen LogP contribution >= 0.6 is 12.2 Å². The Labute approximate surface area is 176 Å². The van der Waals surface area contributed by atoms with Crippen LogP contribution in [0.3, 0.4) is 0 Å². The molecule has 1 aliphatic carbocycles. The Balaban J connectivity index is 1.61. The normalized spacial score (nSPS) is 22.6. The van der Waals surface area contributed by atoms with Crippen molar-refractivity contribution in [3.05, 3.63) is 78.5 Å². The largest absolute Gasteiger partial charge is 0.352 e. The molecule has 5 nitrogen and oxygen atoms in total. The highest BCUT2D eigenvalue weighted by Gasteiger charge is 2.44. The third-order valence-corrected chi connectivity index (χ3v) is 6.41. The van der Waals surface area contributed by atoms with Gasteiger partial charge in [-0.2, -0.15) is 0 Å². The first-order valence-corrected chi connectivity index (χ1v) is 10.8. The highest BCUT2D eigenvalue weighted by molar-refractivity contribution is 7.80. The van der Waals surface area contributed by atoms with Crippen molar-refractivity contribution in [1.29, 1.82) is 0 Å². The van der Waals surface area contributed by atoms with Crippen LogP contribution in [0, 0.1) is 0 Å². The van der Waals surface area contributed by atoms with Crippen LogP contribution < -0.4 is 5.32 Å². The van der Waals surface area contributed by atoms with Crippen LogP contribution in [-0.4, -0.2) is 30.6 Å². The molecule has 148 valence electrons. The molecule has 1 saturated heterocycles. The highest BCUT2D eigenvalue weighted by Crippen LogP contribution is 2.42. The highest BCUT2D eigenvalue weighted by atomic mass is 32.1. The molecule has 0 radical (unpaired) electrons. The van der Waals surface area contributed by atoms with Crippen molar-refractivity contribution < 1.29 is 0 Å². The Morgan fingerprint density at radius 1 is 0.897 bits per heavy atom. The summed E-state index contributed by atoms with van der Waals surface area (Å²) in [5, 5.41) is 4.43. The number of pyridine rings is 2. The second-order valence-corrected chi connectivity index (χ2v) is 8.20. The van der Waals surface area contributed by atoms with Gasteiger partial charge >= 0.3 is 0 Å². The van der Waals surface area contributed by atoms with Gasteiger partial charge in [-0.1, -0.05) is 31.4 Å². The van der Waals surface area contributed by atoms with Crippen molar-refractivity contribution >= 4 is 17.3 Å². The second-order valence-electron chi connectivity index (χ2n) is 7.82. The van der Waals surface area contributed by atoms with Crippen molar-refractivity contribution in [2.24, 2.45) is 0 Å². The Morgan fingerprint density at radius 2 is 1.69 bits per heavy atom. The minimum atomic E-state index is 0.0167. The maximum atomic E-state index is 5.87. The fraction of sp³-hybridized carbons (Fsp3) is 0.348. The first kappa shape index (κ1) is 18.3. The zero-order valence-electron chi connectivity index (χ0n) is 16.3. The lowest BCUT2D eigenvalue weighted by Crippen LogP contribution is -2.40. The van der Waals surface area contributed by atoms with Gasteiger partial charge in [0, 0.05) is 30.3 Å². The third-order valence-electron chi connectivity index (χ3n) is 6.08. The second kappa shape index (κ2) is 7.95. The van der Waals surface area contributed by atoms with Gasteiger partial charge in [-0.15, -0.1) is 0 Å². The quantitative estimate of drug-likeness (QED) is 0.647. The first-order valence-electron chi connectivity index (χ1n) is 10.4. The number of nitrogens with one attached hydrogen (secondary N) is 1. The predicted molar refractivity (Wildman–Crippen MR) is 118 cm³/mol. The van der Waals surface area contributed by atoms with E-state index in [1.807, 2.05) is 42.7 Å². The van der Waals surface area contributed by atoms with Gasteiger partial charge in [-0.25, -0.2) is 4.98 Å². The lowest BCUT2D eigenvalue weighted by atomic mass is 9.92. The molecular formula is C23H25N5S. The molecule has 0 amide bonds. The van der Waals surface area contributed by atoms with Crippen molar-refractivity contribution in [1.82, 2.24) is 24.8 Å². The summed E-state index contributed by atoms with van der Waals surface area (Å²) >= 11 is 5.87. The van der Waals surface area contributed by atoms with Gasteiger partial charge in [0.15, 0.2) is 5.11 Å². The molecule has 1 saturated carbocycles. The van der Waals surface area contributed by atoms with E-state index < -0.39 is 0 Å².